The molecule has 0 amide bonds. The van der Waals surface area contributed by atoms with Crippen LogP contribution in [-0.2, 0) is 11.3 Å². The predicted molar refractivity (Wildman–Crippen MR) is 118 cm³/mol. The molecule has 0 aliphatic carbocycles. The van der Waals surface area contributed by atoms with Gasteiger partial charge in [0.05, 0.1) is 26.4 Å². The molecule has 0 aromatic heterocycles. The van der Waals surface area contributed by atoms with Crippen molar-refractivity contribution in [3.05, 3.63) is 41.5 Å². The van der Waals surface area contributed by atoms with E-state index in [2.05, 4.69) is 6.92 Å². The molecule has 0 atom stereocenters. The number of ether oxygens (including phenoxy) is 6. The summed E-state index contributed by atoms with van der Waals surface area (Å²) in [5, 5.41) is 1.65. The normalized spacial score (nSPS) is 13.8. The summed E-state index contributed by atoms with van der Waals surface area (Å²) in [4.78, 5) is 12.9. The molecule has 2 heterocycles. The van der Waals surface area contributed by atoms with Gasteiger partial charge in [0.15, 0.2) is 23.0 Å². The monoisotopic (exact) mass is 436 g/mol. The zero-order valence-electron chi connectivity index (χ0n) is 18.3. The Balaban J connectivity index is 1.83. The fraction of sp³-hybridized carbons (Fsp3) is 0.320. The van der Waals surface area contributed by atoms with Crippen LogP contribution in [0.25, 0.3) is 21.9 Å². The minimum atomic E-state index is -0.371. The molecule has 7 heteroatoms. The molecule has 0 spiro atoms. The van der Waals surface area contributed by atoms with Gasteiger partial charge in [0, 0.05) is 16.5 Å². The Kier molecular flexibility index (Phi) is 5.17. The number of fused-ring (bicyclic) bond motifs is 3. The van der Waals surface area contributed by atoms with Crippen LogP contribution in [0.3, 0.4) is 0 Å². The second-order valence-electron chi connectivity index (χ2n) is 7.66. The number of carbonyl (C=O) groups is 1. The highest BCUT2D eigenvalue weighted by Gasteiger charge is 2.33. The van der Waals surface area contributed by atoms with E-state index in [0.29, 0.717) is 40.9 Å². The van der Waals surface area contributed by atoms with Crippen LogP contribution in [-0.4, -0.2) is 33.6 Å². The van der Waals surface area contributed by atoms with Gasteiger partial charge in [-0.3, -0.25) is 0 Å². The van der Waals surface area contributed by atoms with Crippen molar-refractivity contribution in [2.75, 3.05) is 27.6 Å². The first-order valence-electron chi connectivity index (χ1n) is 10.6. The molecular formula is C25H24O7. The maximum atomic E-state index is 12.9. The molecule has 0 N–H and O–H groups in total. The minimum Gasteiger partial charge on any atom is -0.493 e. The van der Waals surface area contributed by atoms with Gasteiger partial charge in [0.2, 0.25) is 6.79 Å². The number of rotatable bonds is 7. The van der Waals surface area contributed by atoms with Crippen LogP contribution in [0.2, 0.25) is 0 Å². The highest BCUT2D eigenvalue weighted by Crippen LogP contribution is 2.49. The van der Waals surface area contributed by atoms with Crippen molar-refractivity contribution < 1.29 is 33.2 Å². The summed E-state index contributed by atoms with van der Waals surface area (Å²) in [5.41, 5.74) is 2.83. The average Bonchev–Trinajstić information content (AvgIpc) is 3.44. The van der Waals surface area contributed by atoms with E-state index in [1.54, 1.807) is 14.2 Å². The lowest BCUT2D eigenvalue weighted by atomic mass is 9.89. The molecule has 0 unspecified atom stereocenters. The second-order valence-corrected chi connectivity index (χ2v) is 7.66. The second kappa shape index (κ2) is 8.15. The van der Waals surface area contributed by atoms with Crippen LogP contribution in [0, 0.1) is 0 Å². The van der Waals surface area contributed by atoms with Crippen LogP contribution >= 0.6 is 0 Å². The van der Waals surface area contributed by atoms with Gasteiger partial charge in [-0.15, -0.1) is 0 Å². The van der Waals surface area contributed by atoms with Crippen LogP contribution in [0.4, 0.5) is 0 Å². The van der Waals surface area contributed by atoms with E-state index in [-0.39, 0.29) is 19.4 Å². The Morgan fingerprint density at radius 1 is 0.906 bits per heavy atom. The molecule has 7 nitrogen and oxygen atoms in total. The first kappa shape index (κ1) is 20.3. The molecule has 166 valence electrons. The summed E-state index contributed by atoms with van der Waals surface area (Å²) in [6, 6.07) is 9.43. The van der Waals surface area contributed by atoms with Gasteiger partial charge in [-0.2, -0.15) is 0 Å². The van der Waals surface area contributed by atoms with Gasteiger partial charge in [-0.05, 0) is 41.6 Å². The van der Waals surface area contributed by atoms with Gasteiger partial charge < -0.3 is 28.4 Å². The van der Waals surface area contributed by atoms with Crippen molar-refractivity contribution in [3.63, 3.8) is 0 Å². The van der Waals surface area contributed by atoms with Crippen LogP contribution < -0.4 is 23.7 Å². The number of benzene rings is 3. The van der Waals surface area contributed by atoms with Gasteiger partial charge in [0.1, 0.15) is 12.4 Å². The number of hydrogen-bond donors (Lipinski definition) is 0. The number of methoxy groups -OCH3 is 2. The minimum absolute atomic E-state index is 0.164. The fourth-order valence-electron chi connectivity index (χ4n) is 4.24. The van der Waals surface area contributed by atoms with Crippen molar-refractivity contribution in [1.82, 2.24) is 0 Å². The Bertz CT molecular complexity index is 1220. The van der Waals surface area contributed by atoms with E-state index in [0.717, 1.165) is 40.3 Å². The first-order valence-corrected chi connectivity index (χ1v) is 10.6. The highest BCUT2D eigenvalue weighted by molar-refractivity contribution is 6.14. The van der Waals surface area contributed by atoms with Gasteiger partial charge in [-0.25, -0.2) is 4.79 Å². The van der Waals surface area contributed by atoms with E-state index >= 15 is 0 Å². The third-order valence-electron chi connectivity index (χ3n) is 5.82. The number of carbonyl (C=O) groups excluding carboxylic acids is 1. The Morgan fingerprint density at radius 2 is 1.66 bits per heavy atom. The molecule has 0 bridgehead atoms. The van der Waals surface area contributed by atoms with Crippen LogP contribution in [0.5, 0.6) is 28.7 Å². The molecule has 3 aromatic rings. The van der Waals surface area contributed by atoms with E-state index < -0.39 is 0 Å². The number of unbranched alkanes of at least 4 members (excludes halogenated alkanes) is 1. The predicted octanol–water partition coefficient (Wildman–Crippen LogP) is 5.10. The summed E-state index contributed by atoms with van der Waals surface area (Å²) >= 11 is 0. The molecule has 2 aliphatic rings. The van der Waals surface area contributed by atoms with E-state index in [1.165, 1.54) is 0 Å². The lowest BCUT2D eigenvalue weighted by Gasteiger charge is -2.19. The quantitative estimate of drug-likeness (QED) is 0.377. The molecule has 32 heavy (non-hydrogen) atoms. The first-order chi connectivity index (χ1) is 15.7. The molecule has 3 aromatic carbocycles. The van der Waals surface area contributed by atoms with Crippen molar-refractivity contribution in [2.45, 2.75) is 26.4 Å². The standard InChI is InChI=1S/C25H24O7/c1-4-5-8-29-24-16-11-20(28-3)19(27-2)10-15(16)22(23-17(24)12-30-25(23)26)14-6-7-18-21(9-14)32-13-31-18/h6-7,9-11H,4-5,8,12-13H2,1-3H3. The molecule has 0 saturated carbocycles. The summed E-state index contributed by atoms with van der Waals surface area (Å²) in [6.07, 6.45) is 1.91. The number of cyclic esters (lactones) is 1. The maximum absolute atomic E-state index is 12.9. The fourth-order valence-corrected chi connectivity index (χ4v) is 4.24. The van der Waals surface area contributed by atoms with E-state index in [9.17, 15) is 4.79 Å². The van der Waals surface area contributed by atoms with E-state index in [4.69, 9.17) is 28.4 Å². The molecular weight excluding hydrogens is 412 g/mol. The third kappa shape index (κ3) is 3.16. The van der Waals surface area contributed by atoms with Gasteiger partial charge >= 0.3 is 5.97 Å². The summed E-state index contributed by atoms with van der Waals surface area (Å²) in [5.74, 6) is 2.75. The zero-order valence-corrected chi connectivity index (χ0v) is 18.3. The summed E-state index contributed by atoms with van der Waals surface area (Å²) in [6.45, 7) is 2.99. The van der Waals surface area contributed by atoms with E-state index in [1.807, 2.05) is 30.3 Å². The van der Waals surface area contributed by atoms with Gasteiger partial charge in [0.25, 0.3) is 0 Å². The number of esters is 1. The van der Waals surface area contributed by atoms with Gasteiger partial charge in [-0.1, -0.05) is 19.4 Å². The Labute approximate surface area is 185 Å². The lowest BCUT2D eigenvalue weighted by molar-refractivity contribution is 0.0534. The molecule has 2 aliphatic heterocycles. The zero-order chi connectivity index (χ0) is 22.2. The SMILES string of the molecule is CCCCOc1c2c(c(-c3ccc4c(c3)OCO4)c3cc(OC)c(OC)cc13)C(=O)OC2. The molecule has 5 rings (SSSR count). The Hall–Kier alpha value is -3.61. The summed E-state index contributed by atoms with van der Waals surface area (Å²) in [7, 11) is 3.18. The highest BCUT2D eigenvalue weighted by atomic mass is 16.7. The topological polar surface area (TPSA) is 72.5 Å². The maximum Gasteiger partial charge on any atom is 0.339 e. The smallest absolute Gasteiger partial charge is 0.339 e. The van der Waals surface area contributed by atoms with Crippen LogP contribution in [0.1, 0.15) is 35.7 Å². The molecule has 0 fully saturated rings. The van der Waals surface area contributed by atoms with Crippen molar-refractivity contribution in [1.29, 1.82) is 0 Å². The van der Waals surface area contributed by atoms with Crippen molar-refractivity contribution in [2.24, 2.45) is 0 Å². The third-order valence-corrected chi connectivity index (χ3v) is 5.82. The average molecular weight is 436 g/mol. The number of hydrogen-bond acceptors (Lipinski definition) is 7. The van der Waals surface area contributed by atoms with Crippen molar-refractivity contribution in [3.8, 4) is 39.9 Å². The Morgan fingerprint density at radius 3 is 2.41 bits per heavy atom. The largest absolute Gasteiger partial charge is 0.493 e. The molecule has 0 radical (unpaired) electrons. The summed E-state index contributed by atoms with van der Waals surface area (Å²) < 4.78 is 33.9. The molecule has 0 saturated heterocycles. The lowest BCUT2D eigenvalue weighted by Crippen LogP contribution is -2.05. The van der Waals surface area contributed by atoms with Crippen molar-refractivity contribution >= 4 is 16.7 Å². The van der Waals surface area contributed by atoms with Crippen LogP contribution in [0.15, 0.2) is 30.3 Å².